The lowest BCUT2D eigenvalue weighted by Crippen LogP contribution is -2.61. The smallest absolute Gasteiger partial charge is 0.410 e. The quantitative estimate of drug-likeness (QED) is 0.386. The van der Waals surface area contributed by atoms with E-state index in [2.05, 4.69) is 4.90 Å². The molecular weight excluding hydrogens is 502 g/mol. The van der Waals surface area contributed by atoms with Crippen LogP contribution in [-0.2, 0) is 20.5 Å². The van der Waals surface area contributed by atoms with Gasteiger partial charge in [0.25, 0.3) is 0 Å². The molecule has 1 unspecified atom stereocenters. The molecule has 2 heterocycles. The SMILES string of the molecule is CC.COC(=O)c1ccc(N(C)C2CN(C(=O)OC(C)(C)C)C2)c2cc(C)n(S(=O)c3ccc(C)cc3)c12. The summed E-state index contributed by atoms with van der Waals surface area (Å²) in [5.74, 6) is -0.491. The van der Waals surface area contributed by atoms with Crippen LogP contribution in [-0.4, -0.2) is 64.0 Å². The van der Waals surface area contributed by atoms with Crippen molar-refractivity contribution in [3.8, 4) is 0 Å². The average Bonchev–Trinajstić information content (AvgIpc) is 3.18. The summed E-state index contributed by atoms with van der Waals surface area (Å²) in [5, 5.41) is 0.800. The Hall–Kier alpha value is -3.33. The minimum Gasteiger partial charge on any atom is -0.465 e. The molecule has 1 saturated heterocycles. The third-order valence-corrected chi connectivity index (χ3v) is 7.78. The second-order valence-electron chi connectivity index (χ2n) is 10.2. The predicted octanol–water partition coefficient (Wildman–Crippen LogP) is 5.70. The number of aryl methyl sites for hydroxylation is 2. The molecule has 2 aromatic carbocycles. The molecule has 206 valence electrons. The number of methoxy groups -OCH3 is 1. The topological polar surface area (TPSA) is 81.1 Å². The van der Waals surface area contributed by atoms with Gasteiger partial charge in [0.1, 0.15) is 5.60 Å². The van der Waals surface area contributed by atoms with Crippen molar-refractivity contribution in [3.05, 3.63) is 59.3 Å². The number of carbonyl (C=O) groups is 2. The molecule has 0 saturated carbocycles. The molecule has 0 aliphatic carbocycles. The number of amides is 1. The van der Waals surface area contributed by atoms with Crippen LogP contribution in [0.4, 0.5) is 10.5 Å². The number of ether oxygens (including phenoxy) is 2. The van der Waals surface area contributed by atoms with Crippen molar-refractivity contribution in [1.29, 1.82) is 0 Å². The summed E-state index contributed by atoms with van der Waals surface area (Å²) in [6, 6.07) is 13.1. The first-order valence-corrected chi connectivity index (χ1v) is 13.9. The molecule has 1 fully saturated rings. The van der Waals surface area contributed by atoms with E-state index in [4.69, 9.17) is 9.47 Å². The molecule has 9 heteroatoms. The van der Waals surface area contributed by atoms with Gasteiger partial charge in [0.2, 0.25) is 0 Å². The predicted molar refractivity (Wildman–Crippen MR) is 152 cm³/mol. The van der Waals surface area contributed by atoms with E-state index >= 15 is 0 Å². The highest BCUT2D eigenvalue weighted by Gasteiger charge is 2.37. The number of hydrogen-bond donors (Lipinski definition) is 0. The van der Waals surface area contributed by atoms with Gasteiger partial charge < -0.3 is 19.3 Å². The molecule has 0 N–H and O–H groups in total. The number of esters is 1. The lowest BCUT2D eigenvalue weighted by Gasteiger charge is -2.45. The van der Waals surface area contributed by atoms with Gasteiger partial charge in [-0.05, 0) is 65.0 Å². The van der Waals surface area contributed by atoms with Gasteiger partial charge in [0.05, 0.1) is 29.1 Å². The van der Waals surface area contributed by atoms with Crippen LogP contribution in [0.15, 0.2) is 47.4 Å². The standard InChI is InChI=1S/C27H33N3O5S.C2H6/c1-17-8-10-20(11-9-17)36(33)30-18(2)14-22-23(13-12-21(24(22)30)25(31)34-7)28(6)19-15-29(16-19)26(32)35-27(3,4)5;1-2/h8-14,19H,15-16H2,1-7H3;1-2H3. The number of benzene rings is 2. The molecule has 3 aromatic rings. The summed E-state index contributed by atoms with van der Waals surface area (Å²) < 4.78 is 25.9. The van der Waals surface area contributed by atoms with Crippen molar-refractivity contribution in [1.82, 2.24) is 8.87 Å². The summed E-state index contributed by atoms with van der Waals surface area (Å²) in [4.78, 5) is 29.5. The van der Waals surface area contributed by atoms with Crippen LogP contribution in [0.5, 0.6) is 0 Å². The van der Waals surface area contributed by atoms with Gasteiger partial charge in [0, 0.05) is 36.9 Å². The Bertz CT molecular complexity index is 1330. The largest absolute Gasteiger partial charge is 0.465 e. The Morgan fingerprint density at radius 2 is 1.63 bits per heavy atom. The normalized spacial score (nSPS) is 14.3. The molecule has 1 amide bonds. The fourth-order valence-corrected chi connectivity index (χ4v) is 5.59. The second kappa shape index (κ2) is 11.6. The van der Waals surface area contributed by atoms with Crippen LogP contribution in [0.1, 0.15) is 56.2 Å². The minimum atomic E-state index is -1.56. The third-order valence-electron chi connectivity index (χ3n) is 6.31. The highest BCUT2D eigenvalue weighted by Crippen LogP contribution is 2.36. The third kappa shape index (κ3) is 5.88. The molecule has 1 aromatic heterocycles. The number of likely N-dealkylation sites (N-methyl/N-ethyl adjacent to an activating group) is 1. The number of carbonyl (C=O) groups excluding carboxylic acids is 2. The molecule has 0 bridgehead atoms. The number of fused-ring (bicyclic) bond motifs is 1. The molecule has 1 aliphatic rings. The molecule has 4 rings (SSSR count). The van der Waals surface area contributed by atoms with Gasteiger partial charge in [-0.2, -0.15) is 0 Å². The van der Waals surface area contributed by atoms with Crippen LogP contribution < -0.4 is 4.90 Å². The maximum absolute atomic E-state index is 13.7. The molecule has 0 radical (unpaired) electrons. The Morgan fingerprint density at radius 3 is 2.18 bits per heavy atom. The zero-order chi connectivity index (χ0) is 28.4. The Kier molecular flexibility index (Phi) is 8.92. The summed E-state index contributed by atoms with van der Waals surface area (Å²) in [7, 11) is 1.74. The summed E-state index contributed by atoms with van der Waals surface area (Å²) in [5.41, 5.74) is 3.09. The molecule has 1 atom stereocenters. The lowest BCUT2D eigenvalue weighted by atomic mass is 10.0. The van der Waals surface area contributed by atoms with Gasteiger partial charge in [0.15, 0.2) is 11.0 Å². The fraction of sp³-hybridized carbons (Fsp3) is 0.448. The van der Waals surface area contributed by atoms with E-state index in [1.807, 2.05) is 91.9 Å². The maximum Gasteiger partial charge on any atom is 0.410 e. The minimum absolute atomic E-state index is 0.0796. The van der Waals surface area contributed by atoms with Crippen molar-refractivity contribution >= 4 is 39.6 Å². The summed E-state index contributed by atoms with van der Waals surface area (Å²) in [6.45, 7) is 14.5. The first-order chi connectivity index (χ1) is 17.9. The van der Waals surface area contributed by atoms with Gasteiger partial charge >= 0.3 is 12.1 Å². The Morgan fingerprint density at radius 1 is 1.03 bits per heavy atom. The Balaban J connectivity index is 0.00000195. The summed E-state index contributed by atoms with van der Waals surface area (Å²) >= 11 is 0. The van der Waals surface area contributed by atoms with E-state index in [9.17, 15) is 13.8 Å². The molecule has 1 aliphatic heterocycles. The first-order valence-electron chi connectivity index (χ1n) is 12.8. The highest BCUT2D eigenvalue weighted by molar-refractivity contribution is 7.83. The van der Waals surface area contributed by atoms with Crippen molar-refractivity contribution in [2.45, 2.75) is 65.0 Å². The van der Waals surface area contributed by atoms with Gasteiger partial charge in [-0.25, -0.2) is 13.8 Å². The molecule has 38 heavy (non-hydrogen) atoms. The highest BCUT2D eigenvalue weighted by atomic mass is 32.2. The number of likely N-dealkylation sites (tertiary alicyclic amines) is 1. The fourth-order valence-electron chi connectivity index (χ4n) is 4.33. The number of hydrogen-bond acceptors (Lipinski definition) is 6. The number of aromatic nitrogens is 1. The van der Waals surface area contributed by atoms with Crippen molar-refractivity contribution in [3.63, 3.8) is 0 Å². The van der Waals surface area contributed by atoms with Crippen molar-refractivity contribution < 1.29 is 23.3 Å². The van der Waals surface area contributed by atoms with Crippen LogP contribution in [0.3, 0.4) is 0 Å². The first kappa shape index (κ1) is 29.2. The lowest BCUT2D eigenvalue weighted by molar-refractivity contribution is 0.00851. The van der Waals surface area contributed by atoms with Crippen molar-refractivity contribution in [2.75, 3.05) is 32.1 Å². The van der Waals surface area contributed by atoms with Crippen LogP contribution in [0.25, 0.3) is 10.9 Å². The van der Waals surface area contributed by atoms with Crippen LogP contribution in [0, 0.1) is 13.8 Å². The van der Waals surface area contributed by atoms with Crippen molar-refractivity contribution in [2.24, 2.45) is 0 Å². The van der Waals surface area contributed by atoms with Gasteiger partial charge in [-0.15, -0.1) is 0 Å². The van der Waals surface area contributed by atoms with E-state index < -0.39 is 22.6 Å². The van der Waals surface area contributed by atoms with E-state index in [0.29, 0.717) is 29.1 Å². The molecule has 0 spiro atoms. The number of nitrogens with zero attached hydrogens (tertiary/aromatic N) is 3. The average molecular weight is 542 g/mol. The molecular formula is C29H39N3O5S. The Labute approximate surface area is 228 Å². The number of rotatable bonds is 5. The van der Waals surface area contributed by atoms with E-state index in [0.717, 1.165) is 22.3 Å². The number of anilines is 1. The van der Waals surface area contributed by atoms with E-state index in [1.165, 1.54) is 7.11 Å². The maximum atomic E-state index is 13.7. The van der Waals surface area contributed by atoms with Crippen LogP contribution >= 0.6 is 0 Å². The van der Waals surface area contributed by atoms with E-state index in [1.54, 1.807) is 14.9 Å². The second-order valence-corrected chi connectivity index (χ2v) is 11.5. The summed E-state index contributed by atoms with van der Waals surface area (Å²) in [6.07, 6.45) is -0.325. The molecule has 8 nitrogen and oxygen atoms in total. The zero-order valence-electron chi connectivity index (χ0n) is 23.8. The van der Waals surface area contributed by atoms with Crippen LogP contribution in [0.2, 0.25) is 0 Å². The van der Waals surface area contributed by atoms with Gasteiger partial charge in [-0.3, -0.25) is 3.97 Å². The van der Waals surface area contributed by atoms with E-state index in [-0.39, 0.29) is 12.1 Å². The van der Waals surface area contributed by atoms with Gasteiger partial charge in [-0.1, -0.05) is 31.5 Å². The zero-order valence-corrected chi connectivity index (χ0v) is 24.6. The monoisotopic (exact) mass is 541 g/mol.